The van der Waals surface area contributed by atoms with E-state index in [0.717, 1.165) is 22.3 Å². The van der Waals surface area contributed by atoms with Crippen molar-refractivity contribution in [3.63, 3.8) is 0 Å². The lowest BCUT2D eigenvalue weighted by Crippen LogP contribution is -2.15. The summed E-state index contributed by atoms with van der Waals surface area (Å²) in [6.07, 6.45) is 5.25. The lowest BCUT2D eigenvalue weighted by atomic mass is 9.98. The van der Waals surface area contributed by atoms with Gasteiger partial charge in [0.1, 0.15) is 0 Å². The summed E-state index contributed by atoms with van der Waals surface area (Å²) < 4.78 is 24.5. The largest absolute Gasteiger partial charge is 0.772 e. The Morgan fingerprint density at radius 3 is 2.58 bits per heavy atom. The molecular weight excluding hydrogens is 326 g/mol. The third kappa shape index (κ3) is 3.52. The average molecular weight is 342 g/mol. The minimum atomic E-state index is -2.10. The van der Waals surface area contributed by atoms with E-state index in [2.05, 4.69) is 5.10 Å². The summed E-state index contributed by atoms with van der Waals surface area (Å²) in [4.78, 5) is 12.1. The van der Waals surface area contributed by atoms with E-state index in [1.165, 1.54) is 4.57 Å². The molecule has 0 aliphatic heterocycles. The Morgan fingerprint density at radius 1 is 1.12 bits per heavy atom. The zero-order chi connectivity index (χ0) is 17.1. The number of aromatic nitrogens is 3. The molecule has 0 fully saturated rings. The van der Waals surface area contributed by atoms with E-state index in [9.17, 15) is 13.6 Å². The first-order chi connectivity index (χ1) is 11.5. The van der Waals surface area contributed by atoms with Gasteiger partial charge in [0.2, 0.25) is 0 Å². The number of pyridine rings is 1. The fourth-order valence-electron chi connectivity index (χ4n) is 2.51. The van der Waals surface area contributed by atoms with Crippen LogP contribution in [0.25, 0.3) is 22.3 Å². The number of nitrogens with zero attached hydrogens (tertiary/aromatic N) is 3. The molecule has 1 atom stereocenters. The van der Waals surface area contributed by atoms with Crippen molar-refractivity contribution in [2.24, 2.45) is 7.05 Å². The van der Waals surface area contributed by atoms with Crippen LogP contribution >= 0.6 is 0 Å². The summed E-state index contributed by atoms with van der Waals surface area (Å²) >= 11 is -2.10. The Kier molecular flexibility index (Phi) is 4.73. The molecule has 3 rings (SSSR count). The van der Waals surface area contributed by atoms with Gasteiger partial charge in [0.15, 0.2) is 0 Å². The highest BCUT2D eigenvalue weighted by atomic mass is 32.2. The average Bonchev–Trinajstić information content (AvgIpc) is 3.05. The van der Waals surface area contributed by atoms with Gasteiger partial charge >= 0.3 is 0 Å². The Balaban J connectivity index is 2.06. The van der Waals surface area contributed by atoms with Crippen LogP contribution in [0, 0.1) is 0 Å². The maximum atomic E-state index is 12.1. The standard InChI is InChI=1S/C17H17N3O3S/c1-19-12-16(14-10-18-20(11-14)7-8-24(22)23)15(9-17(19)21)13-5-3-2-4-6-13/h2-6,9-12H,7-8H2,1H3,(H,22,23)/p-1. The van der Waals surface area contributed by atoms with Gasteiger partial charge in [-0.25, -0.2) is 0 Å². The van der Waals surface area contributed by atoms with Gasteiger partial charge in [0.05, 0.1) is 12.7 Å². The molecule has 0 saturated carbocycles. The van der Waals surface area contributed by atoms with Crippen LogP contribution < -0.4 is 5.56 Å². The zero-order valence-electron chi connectivity index (χ0n) is 13.1. The van der Waals surface area contributed by atoms with Gasteiger partial charge in [-0.15, -0.1) is 0 Å². The van der Waals surface area contributed by atoms with Gasteiger partial charge in [-0.2, -0.15) is 5.10 Å². The SMILES string of the molecule is Cn1cc(-c2cnn(CCS(=O)[O-])c2)c(-c2ccccc2)cc1=O. The van der Waals surface area contributed by atoms with Crippen LogP contribution in [0.2, 0.25) is 0 Å². The second kappa shape index (κ2) is 6.94. The Hall–Kier alpha value is -2.51. The van der Waals surface area contributed by atoms with Gasteiger partial charge in [-0.1, -0.05) is 41.4 Å². The van der Waals surface area contributed by atoms with E-state index in [1.54, 1.807) is 36.4 Å². The van der Waals surface area contributed by atoms with Gasteiger partial charge < -0.3 is 9.12 Å². The first kappa shape index (κ1) is 16.4. The lowest BCUT2D eigenvalue weighted by molar-refractivity contribution is 0.527. The molecule has 0 saturated heterocycles. The minimum absolute atomic E-state index is 0.0138. The lowest BCUT2D eigenvalue weighted by Gasteiger charge is -2.10. The molecule has 1 aromatic carbocycles. The molecule has 0 bridgehead atoms. The first-order valence-electron chi connectivity index (χ1n) is 7.39. The highest BCUT2D eigenvalue weighted by molar-refractivity contribution is 7.79. The Morgan fingerprint density at radius 2 is 1.88 bits per heavy atom. The van der Waals surface area contributed by atoms with Crippen LogP contribution in [-0.2, 0) is 24.7 Å². The molecular formula is C17H16N3O3S-. The van der Waals surface area contributed by atoms with Crippen molar-refractivity contribution in [1.29, 1.82) is 0 Å². The summed E-state index contributed by atoms with van der Waals surface area (Å²) in [6.45, 7) is 0.294. The van der Waals surface area contributed by atoms with Crippen LogP contribution in [0.3, 0.4) is 0 Å². The molecule has 124 valence electrons. The summed E-state index contributed by atoms with van der Waals surface area (Å²) in [7, 11) is 1.70. The Labute approximate surface area is 141 Å². The fraction of sp³-hybridized carbons (Fsp3) is 0.176. The summed E-state index contributed by atoms with van der Waals surface area (Å²) in [5, 5.41) is 4.21. The number of aryl methyl sites for hydroxylation is 2. The maximum Gasteiger partial charge on any atom is 0.250 e. The van der Waals surface area contributed by atoms with Gasteiger partial charge in [0.25, 0.3) is 5.56 Å². The third-order valence-electron chi connectivity index (χ3n) is 3.74. The molecule has 6 nitrogen and oxygen atoms in total. The van der Waals surface area contributed by atoms with Crippen LogP contribution in [-0.4, -0.2) is 28.9 Å². The number of benzene rings is 1. The van der Waals surface area contributed by atoms with Gasteiger partial charge in [0, 0.05) is 42.4 Å². The van der Waals surface area contributed by atoms with Crippen molar-refractivity contribution in [2.75, 3.05) is 5.75 Å². The summed E-state index contributed by atoms with van der Waals surface area (Å²) in [6, 6.07) is 11.3. The molecule has 0 radical (unpaired) electrons. The van der Waals surface area contributed by atoms with Gasteiger partial charge in [-0.3, -0.25) is 13.7 Å². The minimum Gasteiger partial charge on any atom is -0.772 e. The highest BCUT2D eigenvalue weighted by Gasteiger charge is 2.11. The third-order valence-corrected chi connectivity index (χ3v) is 4.26. The van der Waals surface area contributed by atoms with E-state index >= 15 is 0 Å². The van der Waals surface area contributed by atoms with Crippen molar-refractivity contribution in [3.8, 4) is 22.3 Å². The molecule has 0 aliphatic rings. The van der Waals surface area contributed by atoms with Crippen molar-refractivity contribution < 1.29 is 8.76 Å². The maximum absolute atomic E-state index is 12.1. The zero-order valence-corrected chi connectivity index (χ0v) is 13.9. The fourth-order valence-corrected chi connectivity index (χ4v) is 2.85. The van der Waals surface area contributed by atoms with Crippen molar-refractivity contribution in [2.45, 2.75) is 6.54 Å². The van der Waals surface area contributed by atoms with Crippen LogP contribution in [0.15, 0.2) is 59.8 Å². The topological polar surface area (TPSA) is 79.9 Å². The van der Waals surface area contributed by atoms with Crippen LogP contribution in [0.1, 0.15) is 0 Å². The van der Waals surface area contributed by atoms with E-state index in [1.807, 2.05) is 30.3 Å². The highest BCUT2D eigenvalue weighted by Crippen LogP contribution is 2.30. The van der Waals surface area contributed by atoms with Crippen molar-refractivity contribution >= 4 is 11.1 Å². The quantitative estimate of drug-likeness (QED) is 0.662. The predicted molar refractivity (Wildman–Crippen MR) is 92.1 cm³/mol. The predicted octanol–water partition coefficient (Wildman–Crippen LogP) is 1.79. The molecule has 0 N–H and O–H groups in total. The summed E-state index contributed by atoms with van der Waals surface area (Å²) in [5.41, 5.74) is 3.38. The summed E-state index contributed by atoms with van der Waals surface area (Å²) in [5.74, 6) is 0.0138. The van der Waals surface area contributed by atoms with Crippen LogP contribution in [0.5, 0.6) is 0 Å². The van der Waals surface area contributed by atoms with Crippen molar-refractivity contribution in [3.05, 3.63) is 65.3 Å². The molecule has 24 heavy (non-hydrogen) atoms. The van der Waals surface area contributed by atoms with E-state index in [-0.39, 0.29) is 11.3 Å². The normalized spacial score (nSPS) is 12.2. The van der Waals surface area contributed by atoms with E-state index in [0.29, 0.717) is 6.54 Å². The number of hydrogen-bond acceptors (Lipinski definition) is 4. The number of hydrogen-bond donors (Lipinski definition) is 0. The molecule has 2 aromatic heterocycles. The molecule has 0 amide bonds. The molecule has 2 heterocycles. The van der Waals surface area contributed by atoms with Crippen molar-refractivity contribution in [1.82, 2.24) is 14.3 Å². The second-order valence-electron chi connectivity index (χ2n) is 5.42. The van der Waals surface area contributed by atoms with Gasteiger partial charge in [-0.05, 0) is 11.1 Å². The molecule has 1 unspecified atom stereocenters. The monoisotopic (exact) mass is 342 g/mol. The van der Waals surface area contributed by atoms with E-state index < -0.39 is 11.1 Å². The Bertz CT molecular complexity index is 932. The molecule has 7 heteroatoms. The smallest absolute Gasteiger partial charge is 0.250 e. The van der Waals surface area contributed by atoms with Crippen LogP contribution in [0.4, 0.5) is 0 Å². The number of rotatable bonds is 5. The first-order valence-corrected chi connectivity index (χ1v) is 8.64. The molecule has 0 spiro atoms. The second-order valence-corrected chi connectivity index (χ2v) is 6.43. The van der Waals surface area contributed by atoms with E-state index in [4.69, 9.17) is 0 Å². The molecule has 3 aromatic rings. The molecule has 0 aliphatic carbocycles.